The van der Waals surface area contributed by atoms with Gasteiger partial charge in [-0.15, -0.1) is 0 Å². The molecule has 0 radical (unpaired) electrons. The minimum Gasteiger partial charge on any atom is -0.371 e. The third-order valence-corrected chi connectivity index (χ3v) is 11.3. The normalized spacial score (nSPS) is 18.9. The van der Waals surface area contributed by atoms with Crippen molar-refractivity contribution in [2.75, 3.05) is 42.9 Å². The molecule has 3 aliphatic rings. The first kappa shape index (κ1) is 37.8. The van der Waals surface area contributed by atoms with Crippen LogP contribution in [0.3, 0.4) is 0 Å². The number of imide groups is 1. The highest BCUT2D eigenvalue weighted by atomic mass is 19.4. The maximum atomic E-state index is 13.3. The van der Waals surface area contributed by atoms with Gasteiger partial charge >= 0.3 is 6.18 Å². The van der Waals surface area contributed by atoms with Crippen LogP contribution in [0, 0.1) is 5.92 Å². The van der Waals surface area contributed by atoms with E-state index in [0.29, 0.717) is 29.3 Å². The van der Waals surface area contributed by atoms with Crippen molar-refractivity contribution >= 4 is 45.7 Å². The van der Waals surface area contributed by atoms with Gasteiger partial charge in [-0.25, -0.2) is 14.6 Å². The lowest BCUT2D eigenvalue weighted by Gasteiger charge is -2.38. The summed E-state index contributed by atoms with van der Waals surface area (Å²) in [6.07, 6.45) is 4.01. The molecule has 3 saturated heterocycles. The molecule has 296 valence electrons. The van der Waals surface area contributed by atoms with E-state index in [4.69, 9.17) is 5.73 Å². The van der Waals surface area contributed by atoms with Crippen molar-refractivity contribution in [2.24, 2.45) is 11.7 Å². The van der Waals surface area contributed by atoms with Crippen molar-refractivity contribution in [3.8, 4) is 5.82 Å². The number of carbonyl (C=O) groups is 3. The van der Waals surface area contributed by atoms with Crippen molar-refractivity contribution in [2.45, 2.75) is 56.7 Å². The number of rotatable bonds is 9. The van der Waals surface area contributed by atoms with Crippen LogP contribution in [0.15, 0.2) is 78.0 Å². The highest BCUT2D eigenvalue weighted by molar-refractivity contribution is 5.99. The number of pyridine rings is 1. The first-order valence-electron chi connectivity index (χ1n) is 19.0. The Morgan fingerprint density at radius 3 is 2.35 bits per heavy atom. The Balaban J connectivity index is 0.826. The number of fused-ring (bicyclic) bond motifs is 1. The Labute approximate surface area is 324 Å². The number of likely N-dealkylation sites (tertiary alicyclic amines) is 1. The SMILES string of the molecule is NC(=O)c1ncc(-n2ccc(C(F)(F)F)n2)nc1Nc1ccc(C2CCN(CC3CCN(c4ccc5c(=O)n(C6CCC(=O)NC6=O)ccc5c4)CC3)CC2)cc1. The van der Waals surface area contributed by atoms with Crippen LogP contribution in [0.25, 0.3) is 16.6 Å². The van der Waals surface area contributed by atoms with Gasteiger partial charge in [0.05, 0.1) is 6.20 Å². The van der Waals surface area contributed by atoms with Gasteiger partial charge in [0.1, 0.15) is 6.04 Å². The van der Waals surface area contributed by atoms with Gasteiger partial charge < -0.3 is 25.4 Å². The van der Waals surface area contributed by atoms with Crippen molar-refractivity contribution in [1.82, 2.24) is 34.5 Å². The van der Waals surface area contributed by atoms with Crippen LogP contribution in [-0.2, 0) is 15.8 Å². The van der Waals surface area contributed by atoms with Gasteiger partial charge in [-0.05, 0) is 110 Å². The lowest BCUT2D eigenvalue weighted by atomic mass is 9.88. The molecule has 2 aromatic carbocycles. The minimum atomic E-state index is -4.62. The summed E-state index contributed by atoms with van der Waals surface area (Å²) in [4.78, 5) is 62.6. The number of piperidine rings is 3. The molecule has 0 aliphatic carbocycles. The molecule has 3 amide bonds. The van der Waals surface area contributed by atoms with Crippen LogP contribution < -0.4 is 26.8 Å². The van der Waals surface area contributed by atoms with E-state index in [1.165, 1.54) is 10.1 Å². The minimum absolute atomic E-state index is 0.00682. The fraction of sp³-hybridized carbons (Fsp3) is 0.375. The number of halogens is 3. The first-order chi connectivity index (χ1) is 27.4. The van der Waals surface area contributed by atoms with Gasteiger partial charge in [0, 0.05) is 55.2 Å². The van der Waals surface area contributed by atoms with Crippen LogP contribution in [0.2, 0.25) is 0 Å². The third-order valence-electron chi connectivity index (χ3n) is 11.3. The fourth-order valence-electron chi connectivity index (χ4n) is 8.16. The summed E-state index contributed by atoms with van der Waals surface area (Å²) < 4.78 is 41.6. The average molecular weight is 783 g/mol. The summed E-state index contributed by atoms with van der Waals surface area (Å²) in [6, 6.07) is 15.7. The molecule has 0 bridgehead atoms. The number of aromatic nitrogens is 5. The summed E-state index contributed by atoms with van der Waals surface area (Å²) in [5, 5.41) is 10.3. The smallest absolute Gasteiger partial charge is 0.371 e. The van der Waals surface area contributed by atoms with Gasteiger partial charge in [-0.1, -0.05) is 12.1 Å². The van der Waals surface area contributed by atoms with Gasteiger partial charge in [-0.2, -0.15) is 18.3 Å². The van der Waals surface area contributed by atoms with E-state index < -0.39 is 29.7 Å². The predicted octanol–water partition coefficient (Wildman–Crippen LogP) is 4.91. The summed E-state index contributed by atoms with van der Waals surface area (Å²) in [5.74, 6) is -0.610. The van der Waals surface area contributed by atoms with Gasteiger partial charge in [0.25, 0.3) is 11.5 Å². The van der Waals surface area contributed by atoms with Crippen LogP contribution >= 0.6 is 0 Å². The third kappa shape index (κ3) is 8.10. The molecule has 4 N–H and O–H groups in total. The number of hydrogen-bond donors (Lipinski definition) is 3. The van der Waals surface area contributed by atoms with Crippen molar-refractivity contribution in [1.29, 1.82) is 0 Å². The van der Waals surface area contributed by atoms with Crippen molar-refractivity contribution in [3.05, 3.63) is 100 Å². The molecule has 0 saturated carbocycles. The van der Waals surface area contributed by atoms with E-state index in [1.54, 1.807) is 6.20 Å². The highest BCUT2D eigenvalue weighted by Crippen LogP contribution is 2.33. The molecular weight excluding hydrogens is 741 g/mol. The largest absolute Gasteiger partial charge is 0.435 e. The fourth-order valence-corrected chi connectivity index (χ4v) is 8.16. The number of nitrogens with one attached hydrogen (secondary N) is 2. The number of nitrogens with two attached hydrogens (primary N) is 1. The maximum absolute atomic E-state index is 13.3. The molecule has 14 nitrogen and oxygen atoms in total. The second-order valence-electron chi connectivity index (χ2n) is 15.0. The molecule has 8 rings (SSSR count). The number of anilines is 3. The molecule has 57 heavy (non-hydrogen) atoms. The lowest BCUT2D eigenvalue weighted by molar-refractivity contribution is -0.141. The molecule has 0 spiro atoms. The quantitative estimate of drug-likeness (QED) is 0.175. The molecule has 3 aliphatic heterocycles. The molecule has 5 aromatic rings. The highest BCUT2D eigenvalue weighted by Gasteiger charge is 2.34. The van der Waals surface area contributed by atoms with Crippen LogP contribution in [0.4, 0.5) is 30.4 Å². The zero-order valence-electron chi connectivity index (χ0n) is 30.9. The lowest BCUT2D eigenvalue weighted by Crippen LogP contribution is -2.44. The first-order valence-corrected chi connectivity index (χ1v) is 19.0. The number of nitrogens with zero attached hydrogens (tertiary/aromatic N) is 7. The van der Waals surface area contributed by atoms with E-state index in [2.05, 4.69) is 35.5 Å². The average Bonchev–Trinajstić information content (AvgIpc) is 3.71. The zero-order chi connectivity index (χ0) is 39.8. The van der Waals surface area contributed by atoms with E-state index in [0.717, 1.165) is 92.6 Å². The predicted molar refractivity (Wildman–Crippen MR) is 205 cm³/mol. The molecule has 6 heterocycles. The standard InChI is InChI=1S/C40H41F3N10O4/c41-40(42,43)32-14-20-53(49-32)33-22-45-35(36(44)55)37(47-33)46-28-3-1-25(2-4-28)26-11-15-50(16-12-26)23-24-9-17-51(18-10-24)29-5-6-30-27(21-29)13-19-52(39(30)57)31-7-8-34(54)48-38(31)56/h1-6,13-14,19-22,24,26,31H,7-12,15-18,23H2,(H2,44,55)(H,46,47)(H,48,54,56). The summed E-state index contributed by atoms with van der Waals surface area (Å²) in [6.45, 7) is 4.91. The Morgan fingerprint density at radius 2 is 1.67 bits per heavy atom. The topological polar surface area (TPSA) is 173 Å². The second-order valence-corrected chi connectivity index (χ2v) is 15.0. The van der Waals surface area contributed by atoms with Crippen molar-refractivity contribution in [3.63, 3.8) is 0 Å². The summed E-state index contributed by atoms with van der Waals surface area (Å²) in [7, 11) is 0. The van der Waals surface area contributed by atoms with E-state index in [-0.39, 0.29) is 35.2 Å². The Morgan fingerprint density at radius 1 is 0.912 bits per heavy atom. The van der Waals surface area contributed by atoms with Crippen LogP contribution in [0.5, 0.6) is 0 Å². The van der Waals surface area contributed by atoms with Gasteiger partial charge in [-0.3, -0.25) is 24.5 Å². The number of hydrogen-bond acceptors (Lipinski definition) is 10. The monoisotopic (exact) mass is 782 g/mol. The van der Waals surface area contributed by atoms with E-state index >= 15 is 0 Å². The number of alkyl halides is 3. The molecule has 1 atom stereocenters. The zero-order valence-corrected chi connectivity index (χ0v) is 30.9. The molecule has 17 heteroatoms. The van der Waals surface area contributed by atoms with E-state index in [1.807, 2.05) is 48.5 Å². The number of benzene rings is 2. The molecule has 1 unspecified atom stereocenters. The maximum Gasteiger partial charge on any atom is 0.435 e. The number of primary amides is 1. The van der Waals surface area contributed by atoms with Crippen LogP contribution in [0.1, 0.15) is 72.2 Å². The summed E-state index contributed by atoms with van der Waals surface area (Å²) >= 11 is 0. The van der Waals surface area contributed by atoms with Crippen LogP contribution in [-0.4, -0.2) is 79.7 Å². The molecular formula is C40H41F3N10O4. The molecule has 3 fully saturated rings. The second kappa shape index (κ2) is 15.4. The number of carbonyl (C=O) groups excluding carboxylic acids is 3. The molecule has 3 aromatic heterocycles. The number of amides is 3. The van der Waals surface area contributed by atoms with E-state index in [9.17, 15) is 32.3 Å². The Kier molecular flexibility index (Phi) is 10.2. The van der Waals surface area contributed by atoms with Gasteiger partial charge in [0.2, 0.25) is 11.8 Å². The van der Waals surface area contributed by atoms with Gasteiger partial charge in [0.15, 0.2) is 23.0 Å². The summed E-state index contributed by atoms with van der Waals surface area (Å²) in [5.41, 5.74) is 6.93. The Bertz CT molecular complexity index is 2380. The Hall–Kier alpha value is -6.10. The van der Waals surface area contributed by atoms with Crippen molar-refractivity contribution < 1.29 is 27.6 Å².